The van der Waals surface area contributed by atoms with Gasteiger partial charge in [-0.2, -0.15) is 13.2 Å². The van der Waals surface area contributed by atoms with E-state index in [1.54, 1.807) is 6.07 Å². The number of benzene rings is 2. The fourth-order valence-electron chi connectivity index (χ4n) is 3.44. The molecule has 176 valence electrons. The van der Waals surface area contributed by atoms with Crippen LogP contribution in [0.2, 0.25) is 0 Å². The molecular weight excluding hydrogens is 435 g/mol. The Balaban J connectivity index is 1.84. The van der Waals surface area contributed by atoms with Crippen LogP contribution in [-0.4, -0.2) is 36.1 Å². The van der Waals surface area contributed by atoms with Crippen LogP contribution in [-0.2, 0) is 24.0 Å². The first-order valence-electron chi connectivity index (χ1n) is 10.4. The van der Waals surface area contributed by atoms with Crippen molar-refractivity contribution < 1.29 is 27.1 Å². The molecule has 0 aliphatic carbocycles. The molecule has 0 bridgehead atoms. The highest BCUT2D eigenvalue weighted by molar-refractivity contribution is 5.91. The quantitative estimate of drug-likeness (QED) is 0.438. The molecule has 0 spiro atoms. The molecule has 1 amide bonds. The van der Waals surface area contributed by atoms with Gasteiger partial charge in [0.25, 0.3) is 5.91 Å². The van der Waals surface area contributed by atoms with Gasteiger partial charge in [-0.05, 0) is 24.1 Å². The van der Waals surface area contributed by atoms with Gasteiger partial charge in [-0.15, -0.1) is 0 Å². The van der Waals surface area contributed by atoms with Crippen LogP contribution in [0.4, 0.5) is 13.2 Å². The SMILES string of the molecule is COCCNC(=O)c1coc(CN(Cc2ccccc2C(F)(F)F)[C@H](C)c2ccccc2)n1. The fraction of sp³-hybridized carbons (Fsp3) is 0.333. The number of aromatic nitrogens is 1. The predicted molar refractivity (Wildman–Crippen MR) is 116 cm³/mol. The van der Waals surface area contributed by atoms with Gasteiger partial charge in [0.2, 0.25) is 5.89 Å². The molecule has 1 aromatic heterocycles. The summed E-state index contributed by atoms with van der Waals surface area (Å²) in [7, 11) is 1.53. The number of methoxy groups -OCH3 is 1. The summed E-state index contributed by atoms with van der Waals surface area (Å²) in [6, 6.07) is 14.7. The number of nitrogens with one attached hydrogen (secondary N) is 1. The predicted octanol–water partition coefficient (Wildman–Crippen LogP) is 4.83. The summed E-state index contributed by atoms with van der Waals surface area (Å²) in [5, 5.41) is 2.65. The first-order chi connectivity index (χ1) is 15.8. The number of hydrogen-bond donors (Lipinski definition) is 1. The van der Waals surface area contributed by atoms with Crippen molar-refractivity contribution in [3.63, 3.8) is 0 Å². The van der Waals surface area contributed by atoms with Crippen LogP contribution in [0.3, 0.4) is 0 Å². The van der Waals surface area contributed by atoms with E-state index in [2.05, 4.69) is 10.3 Å². The summed E-state index contributed by atoms with van der Waals surface area (Å²) in [6.45, 7) is 2.73. The number of halogens is 3. The second-order valence-corrected chi connectivity index (χ2v) is 7.52. The molecule has 3 rings (SSSR count). The third-order valence-electron chi connectivity index (χ3n) is 5.24. The standard InChI is InChI=1S/C24H26F3N3O3/c1-17(18-8-4-3-5-9-18)30(14-19-10-6-7-11-20(19)24(25,26)27)15-22-29-21(16-33-22)23(31)28-12-13-32-2/h3-11,16-17H,12-15H2,1-2H3,(H,28,31)/t17-/m1/s1. The van der Waals surface area contributed by atoms with E-state index < -0.39 is 17.6 Å². The number of hydrogen-bond acceptors (Lipinski definition) is 5. The largest absolute Gasteiger partial charge is 0.447 e. The molecule has 0 saturated carbocycles. The minimum Gasteiger partial charge on any atom is -0.447 e. The Bertz CT molecular complexity index is 1040. The smallest absolute Gasteiger partial charge is 0.416 e. The maximum atomic E-state index is 13.6. The molecule has 6 nitrogen and oxygen atoms in total. The van der Waals surface area contributed by atoms with Crippen LogP contribution in [0, 0.1) is 0 Å². The maximum absolute atomic E-state index is 13.6. The molecule has 9 heteroatoms. The molecule has 1 atom stereocenters. The highest BCUT2D eigenvalue weighted by atomic mass is 19.4. The number of carbonyl (C=O) groups is 1. The van der Waals surface area contributed by atoms with Gasteiger partial charge in [0.1, 0.15) is 6.26 Å². The number of rotatable bonds is 10. The molecule has 0 saturated heterocycles. The topological polar surface area (TPSA) is 67.6 Å². The Morgan fingerprint density at radius 2 is 1.82 bits per heavy atom. The zero-order valence-electron chi connectivity index (χ0n) is 18.4. The number of nitrogens with zero attached hydrogens (tertiary/aromatic N) is 2. The summed E-state index contributed by atoms with van der Waals surface area (Å²) in [4.78, 5) is 18.3. The average Bonchev–Trinajstić information content (AvgIpc) is 3.27. The second kappa shape index (κ2) is 11.1. The molecule has 0 fully saturated rings. The van der Waals surface area contributed by atoms with E-state index >= 15 is 0 Å². The van der Waals surface area contributed by atoms with Crippen LogP contribution < -0.4 is 5.32 Å². The lowest BCUT2D eigenvalue weighted by atomic mass is 10.0. The van der Waals surface area contributed by atoms with Gasteiger partial charge in [-0.3, -0.25) is 9.69 Å². The minimum atomic E-state index is -4.46. The number of ether oxygens (including phenoxy) is 1. The molecule has 3 aromatic rings. The highest BCUT2D eigenvalue weighted by Crippen LogP contribution is 2.34. The molecule has 1 N–H and O–H groups in total. The number of carbonyl (C=O) groups excluding carboxylic acids is 1. The van der Waals surface area contributed by atoms with E-state index in [0.717, 1.165) is 11.6 Å². The molecule has 0 unspecified atom stereocenters. The first kappa shape index (κ1) is 24.5. The number of alkyl halides is 3. The van der Waals surface area contributed by atoms with Crippen molar-refractivity contribution in [2.75, 3.05) is 20.3 Å². The van der Waals surface area contributed by atoms with E-state index in [4.69, 9.17) is 9.15 Å². The lowest BCUT2D eigenvalue weighted by Crippen LogP contribution is -2.28. The van der Waals surface area contributed by atoms with Crippen LogP contribution in [0.25, 0.3) is 0 Å². The monoisotopic (exact) mass is 461 g/mol. The van der Waals surface area contributed by atoms with Crippen molar-refractivity contribution in [1.82, 2.24) is 15.2 Å². The molecule has 0 aliphatic heterocycles. The zero-order valence-corrected chi connectivity index (χ0v) is 18.4. The summed E-state index contributed by atoms with van der Waals surface area (Å²) >= 11 is 0. The van der Waals surface area contributed by atoms with Gasteiger partial charge in [0.15, 0.2) is 5.69 Å². The van der Waals surface area contributed by atoms with Gasteiger partial charge >= 0.3 is 6.18 Å². The van der Waals surface area contributed by atoms with Gasteiger partial charge in [0.05, 0.1) is 18.7 Å². The molecule has 33 heavy (non-hydrogen) atoms. The van der Waals surface area contributed by atoms with Crippen molar-refractivity contribution in [1.29, 1.82) is 0 Å². The van der Waals surface area contributed by atoms with Crippen molar-refractivity contribution in [3.05, 3.63) is 89.1 Å². The summed E-state index contributed by atoms with van der Waals surface area (Å²) in [5.41, 5.74) is 0.507. The molecule has 2 aromatic carbocycles. The average molecular weight is 461 g/mol. The van der Waals surface area contributed by atoms with Crippen LogP contribution >= 0.6 is 0 Å². The molecule has 0 aliphatic rings. The van der Waals surface area contributed by atoms with Gasteiger partial charge in [-0.25, -0.2) is 4.98 Å². The van der Waals surface area contributed by atoms with E-state index in [0.29, 0.717) is 13.2 Å². The summed E-state index contributed by atoms with van der Waals surface area (Å²) in [6.07, 6.45) is -3.22. The summed E-state index contributed by atoms with van der Waals surface area (Å²) in [5.74, 6) is -0.175. The first-order valence-corrected chi connectivity index (χ1v) is 10.4. The van der Waals surface area contributed by atoms with E-state index in [1.807, 2.05) is 42.2 Å². The summed E-state index contributed by atoms with van der Waals surface area (Å²) < 4.78 is 51.1. The normalized spacial score (nSPS) is 12.7. The van der Waals surface area contributed by atoms with Crippen molar-refractivity contribution in [3.8, 4) is 0 Å². The lowest BCUT2D eigenvalue weighted by Gasteiger charge is -2.29. The van der Waals surface area contributed by atoms with Gasteiger partial charge in [0, 0.05) is 26.2 Å². The van der Waals surface area contributed by atoms with Crippen molar-refractivity contribution in [2.24, 2.45) is 0 Å². The van der Waals surface area contributed by atoms with E-state index in [9.17, 15) is 18.0 Å². The highest BCUT2D eigenvalue weighted by Gasteiger charge is 2.34. The third kappa shape index (κ3) is 6.66. The maximum Gasteiger partial charge on any atom is 0.416 e. The second-order valence-electron chi connectivity index (χ2n) is 7.52. The van der Waals surface area contributed by atoms with Gasteiger partial charge < -0.3 is 14.5 Å². The van der Waals surface area contributed by atoms with Crippen molar-refractivity contribution in [2.45, 2.75) is 32.2 Å². The Kier molecular flexibility index (Phi) is 8.24. The van der Waals surface area contributed by atoms with Crippen LogP contribution in [0.1, 0.15) is 46.0 Å². The number of amides is 1. The van der Waals surface area contributed by atoms with E-state index in [-0.39, 0.29) is 36.3 Å². The molecule has 1 heterocycles. The Labute approximate surface area is 190 Å². The Hall–Kier alpha value is -3.17. The lowest BCUT2D eigenvalue weighted by molar-refractivity contribution is -0.138. The molecular formula is C24H26F3N3O3. The Morgan fingerprint density at radius 1 is 1.12 bits per heavy atom. The molecule has 0 radical (unpaired) electrons. The number of oxazole rings is 1. The third-order valence-corrected chi connectivity index (χ3v) is 5.24. The van der Waals surface area contributed by atoms with Crippen LogP contribution in [0.15, 0.2) is 65.3 Å². The van der Waals surface area contributed by atoms with Gasteiger partial charge in [-0.1, -0.05) is 48.5 Å². The van der Waals surface area contributed by atoms with E-state index in [1.165, 1.54) is 25.5 Å². The zero-order chi connectivity index (χ0) is 23.8. The van der Waals surface area contributed by atoms with Crippen molar-refractivity contribution >= 4 is 5.91 Å². The van der Waals surface area contributed by atoms with Crippen LogP contribution in [0.5, 0.6) is 0 Å². The fourth-order valence-corrected chi connectivity index (χ4v) is 3.44. The Morgan fingerprint density at radius 3 is 2.52 bits per heavy atom. The minimum absolute atomic E-state index is 0.0174.